The van der Waals surface area contributed by atoms with E-state index in [1.54, 1.807) is 23.6 Å². The minimum absolute atomic E-state index is 0. The molecular formula is C32H22IrN2OS-2. The molecule has 1 radical (unpaired) electrons. The number of thiophene rings is 1. The molecule has 3 nitrogen and oxygen atoms in total. The van der Waals surface area contributed by atoms with Gasteiger partial charge < -0.3 is 14.4 Å². The third-order valence-electron chi connectivity index (χ3n) is 6.10. The summed E-state index contributed by atoms with van der Waals surface area (Å²) in [5.74, 6) is 0. The van der Waals surface area contributed by atoms with Crippen LogP contribution in [0.25, 0.3) is 54.5 Å². The van der Waals surface area contributed by atoms with Crippen molar-refractivity contribution < 1.29 is 30.0 Å². The summed E-state index contributed by atoms with van der Waals surface area (Å²) in [6.45, 7) is 4.20. The molecule has 3 aromatic carbocycles. The zero-order valence-electron chi connectivity index (χ0n) is 24.0. The van der Waals surface area contributed by atoms with Crippen LogP contribution in [0.2, 0.25) is 0 Å². The van der Waals surface area contributed by atoms with Crippen molar-refractivity contribution in [2.24, 2.45) is 0 Å². The van der Waals surface area contributed by atoms with Gasteiger partial charge in [0.1, 0.15) is 5.58 Å². The second-order valence-corrected chi connectivity index (χ2v) is 9.46. The molecule has 4 heterocycles. The molecular weight excluding hydrogens is 653 g/mol. The van der Waals surface area contributed by atoms with E-state index in [1.165, 1.54) is 15.8 Å². The SMILES string of the molecule is [2H]c1nc(-c2[c-]ccc3c2oc2c3ccc3c(C)c(C)sc32)c([2H])c([2H])c1[2H].[Ir].[c-]1ccccc1-c1ccccn1. The fourth-order valence-corrected chi connectivity index (χ4v) is 5.34. The van der Waals surface area contributed by atoms with E-state index in [0.29, 0.717) is 11.1 Å². The minimum Gasteiger partial charge on any atom is -0.499 e. The van der Waals surface area contributed by atoms with Crippen LogP contribution in [0, 0.1) is 26.0 Å². The first-order valence-electron chi connectivity index (χ1n) is 13.4. The monoisotopic (exact) mass is 679 g/mol. The molecule has 5 heteroatoms. The smallest absolute Gasteiger partial charge is 0.138 e. The van der Waals surface area contributed by atoms with Crippen LogP contribution in [0.3, 0.4) is 0 Å². The largest absolute Gasteiger partial charge is 0.499 e. The molecule has 0 saturated carbocycles. The van der Waals surface area contributed by atoms with E-state index in [2.05, 4.69) is 42.0 Å². The number of hydrogen-bond donors (Lipinski definition) is 0. The van der Waals surface area contributed by atoms with Crippen LogP contribution < -0.4 is 0 Å². The molecule has 37 heavy (non-hydrogen) atoms. The van der Waals surface area contributed by atoms with Crippen LogP contribution in [0.5, 0.6) is 0 Å². The third kappa shape index (κ3) is 4.74. The second-order valence-electron chi connectivity index (χ2n) is 8.24. The van der Waals surface area contributed by atoms with Gasteiger partial charge >= 0.3 is 0 Å². The summed E-state index contributed by atoms with van der Waals surface area (Å²) in [6.07, 6.45) is 1.46. The molecule has 7 rings (SSSR count). The average molecular weight is 679 g/mol. The number of fused-ring (bicyclic) bond motifs is 5. The molecule has 0 amide bonds. The minimum atomic E-state index is -0.350. The van der Waals surface area contributed by atoms with Gasteiger partial charge in [-0.25, -0.2) is 0 Å². The second kappa shape index (κ2) is 10.8. The molecule has 0 unspecified atom stereocenters. The molecule has 0 saturated heterocycles. The van der Waals surface area contributed by atoms with Crippen LogP contribution in [0.4, 0.5) is 0 Å². The first-order valence-corrected chi connectivity index (χ1v) is 12.2. The quantitative estimate of drug-likeness (QED) is 0.172. The number of benzene rings is 3. The van der Waals surface area contributed by atoms with Crippen LogP contribution >= 0.6 is 11.3 Å². The Hall–Kier alpha value is -3.63. The summed E-state index contributed by atoms with van der Waals surface area (Å²) in [4.78, 5) is 9.55. The fourth-order valence-electron chi connectivity index (χ4n) is 4.20. The summed E-state index contributed by atoms with van der Waals surface area (Å²) in [6, 6.07) is 26.8. The Bertz CT molecular complexity index is 1990. The van der Waals surface area contributed by atoms with E-state index in [-0.39, 0.29) is 50.1 Å². The number of nitrogens with zero attached hydrogens (tertiary/aromatic N) is 2. The van der Waals surface area contributed by atoms with Crippen LogP contribution in [0.15, 0.2) is 102 Å². The molecule has 0 fully saturated rings. The number of hydrogen-bond acceptors (Lipinski definition) is 4. The molecule has 0 aliphatic heterocycles. The van der Waals surface area contributed by atoms with Crippen molar-refractivity contribution in [3.63, 3.8) is 0 Å². The maximum atomic E-state index is 8.23. The number of rotatable bonds is 2. The third-order valence-corrected chi connectivity index (χ3v) is 7.32. The Morgan fingerprint density at radius 3 is 2.46 bits per heavy atom. The normalized spacial score (nSPS) is 12.3. The maximum Gasteiger partial charge on any atom is 0.138 e. The van der Waals surface area contributed by atoms with Crippen molar-refractivity contribution in [3.8, 4) is 22.5 Å². The van der Waals surface area contributed by atoms with E-state index < -0.39 is 0 Å². The van der Waals surface area contributed by atoms with Gasteiger partial charge in [0.25, 0.3) is 0 Å². The predicted molar refractivity (Wildman–Crippen MR) is 149 cm³/mol. The topological polar surface area (TPSA) is 38.9 Å². The first kappa shape index (κ1) is 20.4. The van der Waals surface area contributed by atoms with Crippen molar-refractivity contribution in [3.05, 3.63) is 120 Å². The van der Waals surface area contributed by atoms with Crippen LogP contribution in [0.1, 0.15) is 15.9 Å². The predicted octanol–water partition coefficient (Wildman–Crippen LogP) is 8.83. The molecule has 0 aliphatic rings. The molecule has 0 N–H and O–H groups in total. The standard InChI is InChI=1S/C21H14NOS.C11H8N.Ir/c1-12-13(2)24-21-14(12)9-10-16-15-6-5-7-17(19(15)23-20(16)21)18-8-3-4-11-22-18;1-2-6-10(7-3-1)11-8-4-5-9-12-11;/h3-6,8-11H,1-2H3;1-6,8-9H;/q2*-1;/i3D,4D,8D,11D;;. The molecule has 7 aromatic rings. The van der Waals surface area contributed by atoms with Crippen molar-refractivity contribution >= 4 is 43.4 Å². The molecule has 183 valence electrons. The maximum absolute atomic E-state index is 8.23. The summed E-state index contributed by atoms with van der Waals surface area (Å²) in [7, 11) is 0. The molecule has 0 atom stereocenters. The summed E-state index contributed by atoms with van der Waals surface area (Å²) < 4.78 is 39.1. The van der Waals surface area contributed by atoms with E-state index in [1.807, 2.05) is 54.6 Å². The molecule has 0 spiro atoms. The van der Waals surface area contributed by atoms with Crippen molar-refractivity contribution in [2.75, 3.05) is 0 Å². The Kier molecular flexibility index (Phi) is 5.95. The summed E-state index contributed by atoms with van der Waals surface area (Å²) in [5.41, 5.74) is 5.16. The van der Waals surface area contributed by atoms with Crippen LogP contribution in [-0.2, 0) is 20.1 Å². The molecule has 0 bridgehead atoms. The zero-order valence-corrected chi connectivity index (χ0v) is 23.2. The van der Waals surface area contributed by atoms with Crippen molar-refractivity contribution in [1.29, 1.82) is 0 Å². The summed E-state index contributed by atoms with van der Waals surface area (Å²) in [5, 5.41) is 3.02. The molecule has 4 aromatic heterocycles. The number of aromatic nitrogens is 2. The zero-order chi connectivity index (χ0) is 28.0. The van der Waals surface area contributed by atoms with Crippen LogP contribution in [-0.4, -0.2) is 9.97 Å². The van der Waals surface area contributed by atoms with Gasteiger partial charge in [0.15, 0.2) is 0 Å². The Labute approximate surface area is 238 Å². The van der Waals surface area contributed by atoms with Gasteiger partial charge in [-0.1, -0.05) is 47.3 Å². The Morgan fingerprint density at radius 1 is 0.811 bits per heavy atom. The van der Waals surface area contributed by atoms with E-state index in [4.69, 9.17) is 9.90 Å². The molecule has 0 aliphatic carbocycles. The van der Waals surface area contributed by atoms with Gasteiger partial charge in [-0.15, -0.1) is 65.4 Å². The van der Waals surface area contributed by atoms with Gasteiger partial charge in [0, 0.05) is 42.7 Å². The van der Waals surface area contributed by atoms with Gasteiger partial charge in [-0.3, -0.25) is 0 Å². The number of aryl methyl sites for hydroxylation is 2. The van der Waals surface area contributed by atoms with Gasteiger partial charge in [0.05, 0.1) is 15.8 Å². The van der Waals surface area contributed by atoms with Crippen molar-refractivity contribution in [2.45, 2.75) is 13.8 Å². The van der Waals surface area contributed by atoms with E-state index in [9.17, 15) is 0 Å². The van der Waals surface area contributed by atoms with E-state index in [0.717, 1.165) is 32.3 Å². The van der Waals surface area contributed by atoms with Gasteiger partial charge in [0.2, 0.25) is 0 Å². The Morgan fingerprint density at radius 2 is 1.65 bits per heavy atom. The van der Waals surface area contributed by atoms with Gasteiger partial charge in [-0.2, -0.15) is 0 Å². The number of pyridine rings is 2. The van der Waals surface area contributed by atoms with Crippen molar-refractivity contribution in [1.82, 2.24) is 9.97 Å². The van der Waals surface area contributed by atoms with E-state index >= 15 is 0 Å². The summed E-state index contributed by atoms with van der Waals surface area (Å²) >= 11 is 1.69. The first-order chi connectivity index (χ1) is 19.3. The number of furan rings is 1. The fraction of sp³-hybridized carbons (Fsp3) is 0.0625. The Balaban J connectivity index is 0.000000218. The van der Waals surface area contributed by atoms with Gasteiger partial charge in [-0.05, 0) is 48.3 Å². The average Bonchev–Trinajstić information content (AvgIpc) is 3.52.